The van der Waals surface area contributed by atoms with Crippen molar-refractivity contribution in [3.05, 3.63) is 23.8 Å². The Morgan fingerprint density at radius 3 is 2.78 bits per heavy atom. The maximum Gasteiger partial charge on any atom is 0.335 e. The predicted molar refractivity (Wildman–Crippen MR) is 72.9 cm³/mol. The number of thiol groups is 1. The minimum absolute atomic E-state index is 0.00197. The van der Waals surface area contributed by atoms with Crippen molar-refractivity contribution in [3.8, 4) is 0 Å². The van der Waals surface area contributed by atoms with E-state index in [-0.39, 0.29) is 18.0 Å². The zero-order valence-corrected chi connectivity index (χ0v) is 10.9. The quantitative estimate of drug-likeness (QED) is 0.804. The van der Waals surface area contributed by atoms with Crippen molar-refractivity contribution in [2.45, 2.75) is 0 Å². The van der Waals surface area contributed by atoms with E-state index < -0.39 is 5.97 Å². The highest BCUT2D eigenvalue weighted by Crippen LogP contribution is 2.33. The Balaban J connectivity index is 2.48. The maximum atomic E-state index is 11.9. The van der Waals surface area contributed by atoms with Crippen molar-refractivity contribution in [1.82, 2.24) is 0 Å². The standard InChI is InChI=1S/C12H14N2O3S/c1-13-7-11(15)14(4-5-18)9-3-2-8(12(16)17)6-10(9)13/h2-3,6,18H,4-5,7H2,1H3,(H,16,17). The number of carboxylic acid groups (broad SMARTS) is 1. The summed E-state index contributed by atoms with van der Waals surface area (Å²) >= 11 is 4.14. The van der Waals surface area contributed by atoms with Crippen molar-refractivity contribution in [1.29, 1.82) is 0 Å². The van der Waals surface area contributed by atoms with Crippen LogP contribution in [0.3, 0.4) is 0 Å². The molecule has 1 N–H and O–H groups in total. The lowest BCUT2D eigenvalue weighted by molar-refractivity contribution is -0.117. The smallest absolute Gasteiger partial charge is 0.335 e. The Morgan fingerprint density at radius 1 is 1.44 bits per heavy atom. The predicted octanol–water partition coefficient (Wildman–Crippen LogP) is 1.10. The summed E-state index contributed by atoms with van der Waals surface area (Å²) < 4.78 is 0. The number of anilines is 2. The average Bonchev–Trinajstić information content (AvgIpc) is 2.33. The van der Waals surface area contributed by atoms with E-state index in [1.54, 1.807) is 29.0 Å². The number of fused-ring (bicyclic) bond motifs is 1. The molecule has 1 aromatic rings. The van der Waals surface area contributed by atoms with E-state index in [2.05, 4.69) is 12.6 Å². The van der Waals surface area contributed by atoms with Gasteiger partial charge in [-0.1, -0.05) is 0 Å². The lowest BCUT2D eigenvalue weighted by Crippen LogP contribution is -2.45. The van der Waals surface area contributed by atoms with Crippen LogP contribution >= 0.6 is 12.6 Å². The molecule has 0 aliphatic carbocycles. The molecule has 0 unspecified atom stereocenters. The van der Waals surface area contributed by atoms with E-state index in [4.69, 9.17) is 5.11 Å². The fourth-order valence-corrected chi connectivity index (χ4v) is 2.24. The molecule has 0 spiro atoms. The van der Waals surface area contributed by atoms with Gasteiger partial charge in [-0.05, 0) is 18.2 Å². The number of likely N-dealkylation sites (N-methyl/N-ethyl adjacent to an activating group) is 1. The van der Waals surface area contributed by atoms with E-state index in [0.717, 1.165) is 11.4 Å². The average molecular weight is 266 g/mol. The second-order valence-corrected chi connectivity index (χ2v) is 4.58. The Kier molecular flexibility index (Phi) is 3.47. The first-order valence-corrected chi connectivity index (χ1v) is 6.17. The number of carboxylic acids is 1. The number of aromatic carboxylic acids is 1. The van der Waals surface area contributed by atoms with Gasteiger partial charge in [-0.3, -0.25) is 4.79 Å². The zero-order chi connectivity index (χ0) is 13.3. The molecule has 1 aliphatic heterocycles. The molecule has 1 aliphatic rings. The van der Waals surface area contributed by atoms with Gasteiger partial charge in [-0.15, -0.1) is 0 Å². The second kappa shape index (κ2) is 4.89. The highest BCUT2D eigenvalue weighted by atomic mass is 32.1. The van der Waals surface area contributed by atoms with E-state index in [1.807, 2.05) is 0 Å². The highest BCUT2D eigenvalue weighted by molar-refractivity contribution is 7.80. The zero-order valence-electron chi connectivity index (χ0n) is 9.96. The molecule has 1 aromatic carbocycles. The lowest BCUT2D eigenvalue weighted by atomic mass is 10.1. The normalized spacial score (nSPS) is 14.7. The van der Waals surface area contributed by atoms with Crippen molar-refractivity contribution >= 4 is 35.9 Å². The Morgan fingerprint density at radius 2 is 2.17 bits per heavy atom. The minimum Gasteiger partial charge on any atom is -0.478 e. The van der Waals surface area contributed by atoms with Gasteiger partial charge in [0, 0.05) is 19.3 Å². The molecular formula is C12H14N2O3S. The summed E-state index contributed by atoms with van der Waals surface area (Å²) in [6.07, 6.45) is 0. The summed E-state index contributed by atoms with van der Waals surface area (Å²) in [5.74, 6) is -0.402. The Bertz CT molecular complexity index is 504. The Labute approximate surface area is 110 Å². The molecule has 2 rings (SSSR count). The van der Waals surface area contributed by atoms with Crippen molar-refractivity contribution in [2.24, 2.45) is 0 Å². The number of hydrogen-bond donors (Lipinski definition) is 2. The van der Waals surface area contributed by atoms with Crippen LogP contribution in [0.1, 0.15) is 10.4 Å². The first kappa shape index (κ1) is 12.8. The van der Waals surface area contributed by atoms with Crippen LogP contribution in [0.15, 0.2) is 18.2 Å². The third-order valence-electron chi connectivity index (χ3n) is 2.92. The van der Waals surface area contributed by atoms with E-state index >= 15 is 0 Å². The van der Waals surface area contributed by atoms with Gasteiger partial charge < -0.3 is 14.9 Å². The number of carbonyl (C=O) groups is 2. The number of rotatable bonds is 3. The van der Waals surface area contributed by atoms with Crippen LogP contribution in [-0.2, 0) is 4.79 Å². The van der Waals surface area contributed by atoms with Gasteiger partial charge in [0.25, 0.3) is 0 Å². The summed E-state index contributed by atoms with van der Waals surface area (Å²) in [6.45, 7) is 0.777. The molecule has 18 heavy (non-hydrogen) atoms. The molecule has 5 nitrogen and oxygen atoms in total. The fraction of sp³-hybridized carbons (Fsp3) is 0.333. The first-order chi connectivity index (χ1) is 8.54. The molecule has 0 saturated heterocycles. The molecule has 0 bridgehead atoms. The summed E-state index contributed by atoms with van der Waals surface area (Å²) in [6, 6.07) is 4.78. The van der Waals surface area contributed by atoms with Crippen LogP contribution in [0.2, 0.25) is 0 Å². The van der Waals surface area contributed by atoms with Crippen LogP contribution in [0.4, 0.5) is 11.4 Å². The van der Waals surface area contributed by atoms with E-state index in [9.17, 15) is 9.59 Å². The molecule has 1 heterocycles. The summed E-state index contributed by atoms with van der Waals surface area (Å²) in [7, 11) is 1.78. The summed E-state index contributed by atoms with van der Waals surface area (Å²) in [5, 5.41) is 8.98. The maximum absolute atomic E-state index is 11.9. The van der Waals surface area contributed by atoms with E-state index in [0.29, 0.717) is 12.3 Å². The monoisotopic (exact) mass is 266 g/mol. The van der Waals surface area contributed by atoms with Gasteiger partial charge in [0.1, 0.15) is 0 Å². The Hall–Kier alpha value is -1.69. The fourth-order valence-electron chi connectivity index (χ4n) is 2.04. The first-order valence-electron chi connectivity index (χ1n) is 5.54. The molecule has 0 radical (unpaired) electrons. The summed E-state index contributed by atoms with van der Waals surface area (Å²) in [4.78, 5) is 26.3. The molecule has 0 aromatic heterocycles. The number of nitrogens with zero attached hydrogens (tertiary/aromatic N) is 2. The van der Waals surface area contributed by atoms with Crippen LogP contribution in [0.5, 0.6) is 0 Å². The molecule has 0 atom stereocenters. The van der Waals surface area contributed by atoms with Crippen LogP contribution in [0.25, 0.3) is 0 Å². The number of benzene rings is 1. The van der Waals surface area contributed by atoms with Gasteiger partial charge in [-0.2, -0.15) is 12.6 Å². The third kappa shape index (κ3) is 2.15. The number of hydrogen-bond acceptors (Lipinski definition) is 4. The molecule has 96 valence electrons. The second-order valence-electron chi connectivity index (χ2n) is 4.13. The van der Waals surface area contributed by atoms with Gasteiger partial charge in [0.15, 0.2) is 0 Å². The van der Waals surface area contributed by atoms with Gasteiger partial charge in [0.05, 0.1) is 23.5 Å². The molecule has 0 fully saturated rings. The highest BCUT2D eigenvalue weighted by Gasteiger charge is 2.27. The topological polar surface area (TPSA) is 60.9 Å². The lowest BCUT2D eigenvalue weighted by Gasteiger charge is -2.35. The van der Waals surface area contributed by atoms with Gasteiger partial charge in [-0.25, -0.2) is 4.79 Å². The van der Waals surface area contributed by atoms with Crippen LogP contribution < -0.4 is 9.80 Å². The number of amides is 1. The van der Waals surface area contributed by atoms with Gasteiger partial charge >= 0.3 is 5.97 Å². The molecule has 6 heteroatoms. The van der Waals surface area contributed by atoms with Gasteiger partial charge in [0.2, 0.25) is 5.91 Å². The third-order valence-corrected chi connectivity index (χ3v) is 3.12. The largest absolute Gasteiger partial charge is 0.478 e. The molecule has 1 amide bonds. The van der Waals surface area contributed by atoms with Crippen LogP contribution in [0, 0.1) is 0 Å². The SMILES string of the molecule is CN1CC(=O)N(CCS)c2ccc(C(=O)O)cc21. The van der Waals surface area contributed by atoms with Crippen LogP contribution in [-0.4, -0.2) is 42.9 Å². The summed E-state index contributed by atoms with van der Waals surface area (Å²) in [5.41, 5.74) is 1.73. The van der Waals surface area contributed by atoms with Crippen molar-refractivity contribution in [3.63, 3.8) is 0 Å². The minimum atomic E-state index is -0.969. The number of carbonyl (C=O) groups excluding carboxylic acids is 1. The molecule has 0 saturated carbocycles. The van der Waals surface area contributed by atoms with Crippen molar-refractivity contribution in [2.75, 3.05) is 35.7 Å². The molecular weight excluding hydrogens is 252 g/mol. The van der Waals surface area contributed by atoms with Crippen molar-refractivity contribution < 1.29 is 14.7 Å². The van der Waals surface area contributed by atoms with E-state index in [1.165, 1.54) is 6.07 Å².